The highest BCUT2D eigenvalue weighted by Gasteiger charge is 2.22. The number of H-pyrrole nitrogens is 1. The Bertz CT molecular complexity index is 336. The Kier molecular flexibility index (Phi) is 3.79. The topological polar surface area (TPSA) is 82.7 Å². The maximum absolute atomic E-state index is 11.9. The quantitative estimate of drug-likeness (QED) is 0.676. The van der Waals surface area contributed by atoms with E-state index >= 15 is 0 Å². The fraction of sp³-hybridized carbons (Fsp3) is 0.667. The van der Waals surface area contributed by atoms with Crippen LogP contribution in [0.25, 0.3) is 0 Å². The molecule has 2 rings (SSSR count). The van der Waals surface area contributed by atoms with Gasteiger partial charge >= 0.3 is 0 Å². The highest BCUT2D eigenvalue weighted by atomic mass is 32.2. The van der Waals surface area contributed by atoms with Crippen LogP contribution in [0, 0.1) is 0 Å². The van der Waals surface area contributed by atoms with E-state index in [-0.39, 0.29) is 18.0 Å². The predicted octanol–water partition coefficient (Wildman–Crippen LogP) is -0.313. The number of amides is 1. The van der Waals surface area contributed by atoms with Crippen LogP contribution >= 0.6 is 11.8 Å². The van der Waals surface area contributed by atoms with Gasteiger partial charge in [0.1, 0.15) is 12.2 Å². The molecule has 1 amide bonds. The van der Waals surface area contributed by atoms with Gasteiger partial charge in [0, 0.05) is 18.1 Å². The van der Waals surface area contributed by atoms with Gasteiger partial charge in [-0.3, -0.25) is 9.89 Å². The Hall–Kier alpha value is -1.08. The molecular weight excluding hydrogens is 226 g/mol. The van der Waals surface area contributed by atoms with Crippen molar-refractivity contribution in [3.8, 4) is 0 Å². The number of nitrogens with zero attached hydrogens (tertiary/aromatic N) is 2. The van der Waals surface area contributed by atoms with Crippen LogP contribution in [-0.4, -0.2) is 45.2 Å². The summed E-state index contributed by atoms with van der Waals surface area (Å²) in [7, 11) is 0. The summed E-state index contributed by atoms with van der Waals surface area (Å²) in [6.45, 7) is 2.77. The van der Waals surface area contributed by atoms with Gasteiger partial charge in [-0.05, 0) is 6.92 Å². The van der Waals surface area contributed by atoms with Crippen molar-refractivity contribution in [3.63, 3.8) is 0 Å². The predicted molar refractivity (Wildman–Crippen MR) is 62.1 cm³/mol. The summed E-state index contributed by atoms with van der Waals surface area (Å²) in [6, 6.07) is -0.229. The van der Waals surface area contributed by atoms with Crippen molar-refractivity contribution < 1.29 is 4.79 Å². The lowest BCUT2D eigenvalue weighted by Gasteiger charge is -2.23. The average Bonchev–Trinajstić information content (AvgIpc) is 2.83. The summed E-state index contributed by atoms with van der Waals surface area (Å²) in [5.41, 5.74) is 0. The van der Waals surface area contributed by atoms with Crippen LogP contribution in [0.15, 0.2) is 6.33 Å². The fourth-order valence-electron chi connectivity index (χ4n) is 1.54. The summed E-state index contributed by atoms with van der Waals surface area (Å²) >= 11 is 1.80. The maximum Gasteiger partial charge on any atom is 0.238 e. The monoisotopic (exact) mass is 241 g/mol. The molecular formula is C9H15N5OS. The van der Waals surface area contributed by atoms with E-state index in [0.29, 0.717) is 5.82 Å². The maximum atomic E-state index is 11.9. The molecule has 0 spiro atoms. The molecule has 1 saturated heterocycles. The zero-order valence-corrected chi connectivity index (χ0v) is 9.88. The van der Waals surface area contributed by atoms with Crippen LogP contribution < -0.4 is 10.6 Å². The lowest BCUT2D eigenvalue weighted by molar-refractivity contribution is -0.123. The molecule has 1 aromatic heterocycles. The van der Waals surface area contributed by atoms with Crippen LogP contribution in [0.1, 0.15) is 18.8 Å². The summed E-state index contributed by atoms with van der Waals surface area (Å²) < 4.78 is 0. The van der Waals surface area contributed by atoms with Crippen LogP contribution in [0.3, 0.4) is 0 Å². The molecule has 0 aromatic carbocycles. The van der Waals surface area contributed by atoms with Crippen LogP contribution in [-0.2, 0) is 4.79 Å². The first kappa shape index (κ1) is 11.4. The van der Waals surface area contributed by atoms with Gasteiger partial charge in [0.2, 0.25) is 5.91 Å². The number of nitrogens with one attached hydrogen (secondary N) is 3. The van der Waals surface area contributed by atoms with E-state index in [2.05, 4.69) is 25.8 Å². The van der Waals surface area contributed by atoms with Crippen molar-refractivity contribution in [2.75, 3.05) is 18.1 Å². The molecule has 2 heterocycles. The van der Waals surface area contributed by atoms with Crippen LogP contribution in [0.5, 0.6) is 0 Å². The lowest BCUT2D eigenvalue weighted by Crippen LogP contribution is -2.49. The molecule has 16 heavy (non-hydrogen) atoms. The normalized spacial score (nSPS) is 22.7. The number of thioether (sulfide) groups is 1. The standard InChI is InChI=1S/C9H15N5OS/c1-6(8-11-5-12-14-8)13-9(15)7-4-16-3-2-10-7/h5-7,10H,2-4H2,1H3,(H,13,15)(H,11,12,14). The van der Waals surface area contributed by atoms with E-state index < -0.39 is 0 Å². The second kappa shape index (κ2) is 5.31. The first-order valence-corrected chi connectivity index (χ1v) is 6.39. The number of aromatic nitrogens is 3. The molecule has 0 bridgehead atoms. The third kappa shape index (κ3) is 2.73. The average molecular weight is 241 g/mol. The highest BCUT2D eigenvalue weighted by Crippen LogP contribution is 2.10. The Morgan fingerprint density at radius 3 is 3.25 bits per heavy atom. The van der Waals surface area contributed by atoms with Crippen molar-refractivity contribution in [3.05, 3.63) is 12.2 Å². The minimum Gasteiger partial charge on any atom is -0.345 e. The minimum absolute atomic E-state index is 0.0242. The number of carbonyl (C=O) groups excluding carboxylic acids is 1. The van der Waals surface area contributed by atoms with Crippen molar-refractivity contribution in [2.24, 2.45) is 0 Å². The van der Waals surface area contributed by atoms with Crippen LogP contribution in [0.4, 0.5) is 0 Å². The van der Waals surface area contributed by atoms with Gasteiger partial charge in [-0.15, -0.1) is 0 Å². The van der Waals surface area contributed by atoms with E-state index in [1.54, 1.807) is 11.8 Å². The highest BCUT2D eigenvalue weighted by molar-refractivity contribution is 7.99. The zero-order valence-electron chi connectivity index (χ0n) is 9.06. The van der Waals surface area contributed by atoms with Gasteiger partial charge in [0.25, 0.3) is 0 Å². The smallest absolute Gasteiger partial charge is 0.238 e. The third-order valence-corrected chi connectivity index (χ3v) is 3.50. The van der Waals surface area contributed by atoms with E-state index in [4.69, 9.17) is 0 Å². The second-order valence-electron chi connectivity index (χ2n) is 3.68. The minimum atomic E-state index is -0.135. The van der Waals surface area contributed by atoms with Crippen molar-refractivity contribution >= 4 is 17.7 Å². The van der Waals surface area contributed by atoms with E-state index in [1.807, 2.05) is 6.92 Å². The SMILES string of the molecule is CC(NC(=O)C1CSCCN1)c1ncn[nH]1. The molecule has 1 aliphatic heterocycles. The third-order valence-electron chi connectivity index (χ3n) is 2.44. The number of rotatable bonds is 3. The molecule has 2 unspecified atom stereocenters. The van der Waals surface area contributed by atoms with Gasteiger partial charge in [-0.25, -0.2) is 4.98 Å². The largest absolute Gasteiger partial charge is 0.345 e. The molecule has 6 nitrogen and oxygen atoms in total. The molecule has 7 heteroatoms. The van der Waals surface area contributed by atoms with Gasteiger partial charge in [-0.2, -0.15) is 16.9 Å². The van der Waals surface area contributed by atoms with Gasteiger partial charge in [0.15, 0.2) is 0 Å². The number of carbonyl (C=O) groups is 1. The molecule has 3 N–H and O–H groups in total. The summed E-state index contributed by atoms with van der Waals surface area (Å²) in [6.07, 6.45) is 1.44. The number of hydrogen-bond donors (Lipinski definition) is 3. The Morgan fingerprint density at radius 1 is 1.75 bits per heavy atom. The Morgan fingerprint density at radius 2 is 2.62 bits per heavy atom. The zero-order chi connectivity index (χ0) is 11.4. The van der Waals surface area contributed by atoms with Crippen molar-refractivity contribution in [1.82, 2.24) is 25.8 Å². The Balaban J connectivity index is 1.86. The molecule has 1 fully saturated rings. The Labute approximate surface area is 98.0 Å². The summed E-state index contributed by atoms with van der Waals surface area (Å²) in [4.78, 5) is 15.9. The number of hydrogen-bond acceptors (Lipinski definition) is 5. The summed E-state index contributed by atoms with van der Waals surface area (Å²) in [5, 5.41) is 12.6. The molecule has 0 aliphatic carbocycles. The lowest BCUT2D eigenvalue weighted by atomic mass is 10.2. The molecule has 2 atom stereocenters. The number of aromatic amines is 1. The van der Waals surface area contributed by atoms with E-state index in [9.17, 15) is 4.79 Å². The molecule has 1 aromatic rings. The van der Waals surface area contributed by atoms with Crippen molar-refractivity contribution in [2.45, 2.75) is 19.0 Å². The second-order valence-corrected chi connectivity index (χ2v) is 4.83. The van der Waals surface area contributed by atoms with E-state index in [1.165, 1.54) is 6.33 Å². The molecule has 0 radical (unpaired) electrons. The molecule has 0 saturated carbocycles. The van der Waals surface area contributed by atoms with Crippen molar-refractivity contribution in [1.29, 1.82) is 0 Å². The van der Waals surface area contributed by atoms with E-state index in [0.717, 1.165) is 18.1 Å². The van der Waals surface area contributed by atoms with Crippen LogP contribution in [0.2, 0.25) is 0 Å². The molecule has 88 valence electrons. The first-order valence-electron chi connectivity index (χ1n) is 5.24. The first-order chi connectivity index (χ1) is 7.77. The van der Waals surface area contributed by atoms with Gasteiger partial charge < -0.3 is 10.6 Å². The van der Waals surface area contributed by atoms with Gasteiger partial charge in [0.05, 0.1) is 12.1 Å². The molecule has 1 aliphatic rings. The summed E-state index contributed by atoms with van der Waals surface area (Å²) in [5.74, 6) is 2.60. The van der Waals surface area contributed by atoms with Gasteiger partial charge in [-0.1, -0.05) is 0 Å². The fourth-order valence-corrected chi connectivity index (χ4v) is 2.47.